The predicted octanol–water partition coefficient (Wildman–Crippen LogP) is 1.81. The number of pyridine rings is 1. The lowest BCUT2D eigenvalue weighted by molar-refractivity contribution is 0.0812. The lowest BCUT2D eigenvalue weighted by Gasteiger charge is -2.37. The molecule has 0 saturated heterocycles. The van der Waals surface area contributed by atoms with Crippen molar-refractivity contribution in [3.05, 3.63) is 53.9 Å². The van der Waals surface area contributed by atoms with Crippen LogP contribution in [0.1, 0.15) is 25.0 Å². The highest BCUT2D eigenvalue weighted by Gasteiger charge is 2.37. The molecule has 0 bridgehead atoms. The van der Waals surface area contributed by atoms with Gasteiger partial charge in [0.2, 0.25) is 10.0 Å². The van der Waals surface area contributed by atoms with E-state index in [0.717, 1.165) is 5.56 Å². The van der Waals surface area contributed by atoms with Crippen LogP contribution in [0.2, 0.25) is 0 Å². The summed E-state index contributed by atoms with van der Waals surface area (Å²) in [6.45, 7) is 4.33. The Morgan fingerprint density at radius 1 is 1.23 bits per heavy atom. The van der Waals surface area contributed by atoms with Gasteiger partial charge in [0.05, 0.1) is 6.61 Å². The summed E-state index contributed by atoms with van der Waals surface area (Å²) in [5.41, 5.74) is 1.47. The molecule has 3 rings (SSSR count). The van der Waals surface area contributed by atoms with E-state index in [1.807, 2.05) is 38.1 Å². The highest BCUT2D eigenvalue weighted by molar-refractivity contribution is 7.89. The molecule has 2 aromatic rings. The van der Waals surface area contributed by atoms with E-state index in [-0.39, 0.29) is 35.8 Å². The molecule has 7 nitrogen and oxygen atoms in total. The van der Waals surface area contributed by atoms with Crippen molar-refractivity contribution in [2.75, 3.05) is 33.8 Å². The van der Waals surface area contributed by atoms with Crippen LogP contribution < -0.4 is 4.74 Å². The Kier molecular flexibility index (Phi) is 7.34. The van der Waals surface area contributed by atoms with Gasteiger partial charge in [0.1, 0.15) is 16.7 Å². The van der Waals surface area contributed by atoms with Crippen molar-refractivity contribution >= 4 is 10.0 Å². The predicted molar refractivity (Wildman–Crippen MR) is 119 cm³/mol. The molecule has 8 heteroatoms. The van der Waals surface area contributed by atoms with E-state index in [2.05, 4.69) is 16.8 Å². The molecular weight excluding hydrogens is 414 g/mol. The van der Waals surface area contributed by atoms with E-state index in [1.54, 1.807) is 37.5 Å². The van der Waals surface area contributed by atoms with Crippen molar-refractivity contribution in [3.8, 4) is 17.6 Å². The van der Waals surface area contributed by atoms with Crippen LogP contribution in [0.25, 0.3) is 0 Å². The van der Waals surface area contributed by atoms with Gasteiger partial charge < -0.3 is 14.7 Å². The van der Waals surface area contributed by atoms with Crippen molar-refractivity contribution < 1.29 is 18.3 Å². The molecule has 1 aromatic heterocycles. The fourth-order valence-corrected chi connectivity index (χ4v) is 5.29. The number of fused-ring (bicyclic) bond motifs is 1. The second kappa shape index (κ2) is 9.79. The third kappa shape index (κ3) is 5.43. The molecule has 0 radical (unpaired) electrons. The minimum absolute atomic E-state index is 0.0779. The van der Waals surface area contributed by atoms with Crippen LogP contribution in [-0.2, 0) is 10.0 Å². The highest BCUT2D eigenvalue weighted by Crippen LogP contribution is 2.34. The van der Waals surface area contributed by atoms with Gasteiger partial charge >= 0.3 is 0 Å². The summed E-state index contributed by atoms with van der Waals surface area (Å²) >= 11 is 0. The molecule has 0 fully saturated rings. The van der Waals surface area contributed by atoms with E-state index < -0.39 is 16.1 Å². The van der Waals surface area contributed by atoms with E-state index >= 15 is 0 Å². The molecule has 1 aliphatic heterocycles. The molecule has 0 amide bonds. The molecule has 2 heterocycles. The minimum atomic E-state index is -3.84. The topological polar surface area (TPSA) is 83.0 Å². The molecule has 1 aliphatic rings. The van der Waals surface area contributed by atoms with Gasteiger partial charge in [-0.15, -0.1) is 0 Å². The number of ether oxygens (including phenoxy) is 1. The van der Waals surface area contributed by atoms with Crippen LogP contribution in [0.5, 0.6) is 5.75 Å². The van der Waals surface area contributed by atoms with E-state index in [1.165, 1.54) is 4.31 Å². The smallest absolute Gasteiger partial charge is 0.247 e. The van der Waals surface area contributed by atoms with E-state index in [4.69, 9.17) is 4.74 Å². The maximum absolute atomic E-state index is 13.4. The summed E-state index contributed by atoms with van der Waals surface area (Å²) in [7, 11) is 0.0668. The maximum atomic E-state index is 13.4. The van der Waals surface area contributed by atoms with Crippen LogP contribution in [0.15, 0.2) is 47.6 Å². The lowest BCUT2D eigenvalue weighted by atomic mass is 10.0. The largest absolute Gasteiger partial charge is 0.487 e. The third-order valence-corrected chi connectivity index (χ3v) is 7.26. The summed E-state index contributed by atoms with van der Waals surface area (Å²) < 4.78 is 34.5. The first-order chi connectivity index (χ1) is 14.7. The SMILES string of the molecule is C[C@H]1CN([C@@H](C)CO)S(=O)(=O)c2ccc(C#Cc3ccncc3)cc2O[C@@H]1CN(C)C. The molecule has 166 valence electrons. The summed E-state index contributed by atoms with van der Waals surface area (Å²) in [5.74, 6) is 6.34. The van der Waals surface area contributed by atoms with Gasteiger partial charge in [0.15, 0.2) is 0 Å². The first-order valence-corrected chi connectivity index (χ1v) is 11.7. The molecular formula is C23H29N3O4S. The van der Waals surface area contributed by atoms with Crippen molar-refractivity contribution in [3.63, 3.8) is 0 Å². The average Bonchev–Trinajstić information content (AvgIpc) is 2.74. The molecule has 0 aliphatic carbocycles. The molecule has 1 aromatic carbocycles. The molecule has 3 atom stereocenters. The van der Waals surface area contributed by atoms with Crippen molar-refractivity contribution in [2.24, 2.45) is 5.92 Å². The second-order valence-electron chi connectivity index (χ2n) is 8.15. The van der Waals surface area contributed by atoms with E-state index in [9.17, 15) is 13.5 Å². The van der Waals surface area contributed by atoms with Crippen LogP contribution in [0.4, 0.5) is 0 Å². The van der Waals surface area contributed by atoms with Gasteiger partial charge in [0.25, 0.3) is 0 Å². The van der Waals surface area contributed by atoms with Gasteiger partial charge in [-0.25, -0.2) is 8.42 Å². The number of likely N-dealkylation sites (N-methyl/N-ethyl adjacent to an activating group) is 1. The zero-order valence-electron chi connectivity index (χ0n) is 18.3. The fourth-order valence-electron chi connectivity index (χ4n) is 3.46. The Balaban J connectivity index is 2.08. The van der Waals surface area contributed by atoms with Gasteiger partial charge in [-0.1, -0.05) is 18.8 Å². The number of aliphatic hydroxyl groups excluding tert-OH is 1. The van der Waals surface area contributed by atoms with Gasteiger partial charge in [-0.3, -0.25) is 4.98 Å². The Bertz CT molecular complexity index is 1060. The zero-order valence-corrected chi connectivity index (χ0v) is 19.1. The van der Waals surface area contributed by atoms with Crippen LogP contribution in [-0.4, -0.2) is 73.7 Å². The Morgan fingerprint density at radius 2 is 1.90 bits per heavy atom. The number of benzene rings is 1. The van der Waals surface area contributed by atoms with Crippen LogP contribution in [0.3, 0.4) is 0 Å². The standard InChI is InChI=1S/C23H29N3O4S/c1-17-14-26(18(2)16-27)31(28,29)23-8-7-20(6-5-19-9-11-24-12-10-19)13-21(23)30-22(17)15-25(3)4/h7-13,17-18,22,27H,14-16H2,1-4H3/t17-,18-,22+/m0/s1. The first kappa shape index (κ1) is 23.2. The summed E-state index contributed by atoms with van der Waals surface area (Å²) in [5, 5.41) is 9.68. The summed E-state index contributed by atoms with van der Waals surface area (Å²) in [6.07, 6.45) is 3.12. The number of rotatable bonds is 4. The number of aromatic nitrogens is 1. The monoisotopic (exact) mass is 443 g/mol. The molecule has 0 spiro atoms. The number of hydrogen-bond acceptors (Lipinski definition) is 6. The molecule has 1 N–H and O–H groups in total. The van der Waals surface area contributed by atoms with Crippen molar-refractivity contribution in [1.29, 1.82) is 0 Å². The van der Waals surface area contributed by atoms with Crippen molar-refractivity contribution in [1.82, 2.24) is 14.2 Å². The maximum Gasteiger partial charge on any atom is 0.247 e. The highest BCUT2D eigenvalue weighted by atomic mass is 32.2. The lowest BCUT2D eigenvalue weighted by Crippen LogP contribution is -2.49. The summed E-state index contributed by atoms with van der Waals surface area (Å²) in [4.78, 5) is 6.09. The van der Waals surface area contributed by atoms with Gasteiger partial charge in [-0.2, -0.15) is 4.31 Å². The van der Waals surface area contributed by atoms with Crippen LogP contribution in [0, 0.1) is 17.8 Å². The Morgan fingerprint density at radius 3 is 2.55 bits per heavy atom. The number of sulfonamides is 1. The Labute approximate surface area is 184 Å². The first-order valence-electron chi connectivity index (χ1n) is 10.2. The Hall–Kier alpha value is -2.44. The number of hydrogen-bond donors (Lipinski definition) is 1. The normalized spacial score (nSPS) is 21.7. The van der Waals surface area contributed by atoms with E-state index in [0.29, 0.717) is 12.1 Å². The van der Waals surface area contributed by atoms with Gasteiger partial charge in [0, 0.05) is 48.6 Å². The third-order valence-electron chi connectivity index (χ3n) is 5.24. The molecule has 0 saturated carbocycles. The number of aliphatic hydroxyl groups is 1. The number of nitrogens with zero attached hydrogens (tertiary/aromatic N) is 3. The van der Waals surface area contributed by atoms with Crippen LogP contribution >= 0.6 is 0 Å². The average molecular weight is 444 g/mol. The second-order valence-corrected chi connectivity index (χ2v) is 10.0. The van der Waals surface area contributed by atoms with Crippen molar-refractivity contribution in [2.45, 2.75) is 30.9 Å². The fraction of sp³-hybridized carbons (Fsp3) is 0.435. The quantitative estimate of drug-likeness (QED) is 0.726. The molecule has 31 heavy (non-hydrogen) atoms. The summed E-state index contributed by atoms with van der Waals surface area (Å²) in [6, 6.07) is 7.99. The molecule has 0 unspecified atom stereocenters. The zero-order chi connectivity index (χ0) is 22.6. The van der Waals surface area contributed by atoms with Gasteiger partial charge in [-0.05, 0) is 51.4 Å². The minimum Gasteiger partial charge on any atom is -0.487 e.